The predicted molar refractivity (Wildman–Crippen MR) is 83.1 cm³/mol. The van der Waals surface area contributed by atoms with E-state index in [4.69, 9.17) is 23.7 Å². The summed E-state index contributed by atoms with van der Waals surface area (Å²) in [6, 6.07) is 0. The highest BCUT2D eigenvalue weighted by atomic mass is 16.8. The summed E-state index contributed by atoms with van der Waals surface area (Å²) in [4.78, 5) is 0. The zero-order valence-corrected chi connectivity index (χ0v) is 14.2. The van der Waals surface area contributed by atoms with E-state index in [-0.39, 0.29) is 18.3 Å². The first-order chi connectivity index (χ1) is 11.7. The number of ether oxygens (including phenoxy) is 5. The Balaban J connectivity index is 1.30. The molecule has 6 heteroatoms. The summed E-state index contributed by atoms with van der Waals surface area (Å²) in [5.41, 5.74) is 0. The maximum absolute atomic E-state index is 10.3. The molecule has 24 heavy (non-hydrogen) atoms. The Morgan fingerprint density at radius 3 is 2.00 bits per heavy atom. The SMILES string of the molecule is OC1OC([C@H]2COC3(CCCCC3)O2)C2OC3(CCCCC3)OC12. The van der Waals surface area contributed by atoms with Crippen molar-refractivity contribution < 1.29 is 28.8 Å². The van der Waals surface area contributed by atoms with Crippen molar-refractivity contribution in [2.24, 2.45) is 0 Å². The average Bonchev–Trinajstić information content (AvgIpc) is 3.24. The maximum Gasteiger partial charge on any atom is 0.184 e. The summed E-state index contributed by atoms with van der Waals surface area (Å²) in [5, 5.41) is 10.3. The van der Waals surface area contributed by atoms with Gasteiger partial charge >= 0.3 is 0 Å². The van der Waals surface area contributed by atoms with E-state index in [1.165, 1.54) is 12.8 Å². The lowest BCUT2D eigenvalue weighted by atomic mass is 9.94. The van der Waals surface area contributed by atoms with Crippen molar-refractivity contribution in [2.45, 2.75) is 106 Å². The molecule has 3 saturated heterocycles. The van der Waals surface area contributed by atoms with E-state index in [1.807, 2.05) is 0 Å². The van der Waals surface area contributed by atoms with Gasteiger partial charge in [0.1, 0.15) is 24.4 Å². The zero-order valence-electron chi connectivity index (χ0n) is 14.2. The number of hydrogen-bond acceptors (Lipinski definition) is 6. The van der Waals surface area contributed by atoms with Crippen LogP contribution in [0.2, 0.25) is 0 Å². The Morgan fingerprint density at radius 1 is 0.667 bits per heavy atom. The first kappa shape index (κ1) is 16.0. The van der Waals surface area contributed by atoms with Crippen LogP contribution in [0.5, 0.6) is 0 Å². The minimum Gasteiger partial charge on any atom is -0.366 e. The predicted octanol–water partition coefficient (Wildman–Crippen LogP) is 2.22. The van der Waals surface area contributed by atoms with Crippen LogP contribution in [0.15, 0.2) is 0 Å². The Hall–Kier alpha value is -0.240. The van der Waals surface area contributed by atoms with Crippen molar-refractivity contribution in [2.75, 3.05) is 6.61 Å². The standard InChI is InChI=1S/C18H28O6/c19-16-15-14(23-18(24-15)9-5-2-6-10-18)13(21-16)12-11-20-17(22-12)7-3-1-4-8-17/h12-16,19H,1-11H2/t12-,13?,14?,15?,16?/m1/s1. The van der Waals surface area contributed by atoms with Gasteiger partial charge in [-0.25, -0.2) is 0 Å². The Morgan fingerprint density at radius 2 is 1.29 bits per heavy atom. The van der Waals surface area contributed by atoms with Crippen LogP contribution in [0, 0.1) is 0 Å². The smallest absolute Gasteiger partial charge is 0.184 e. The van der Waals surface area contributed by atoms with Crippen LogP contribution >= 0.6 is 0 Å². The van der Waals surface area contributed by atoms with Crippen molar-refractivity contribution in [3.05, 3.63) is 0 Å². The molecule has 5 aliphatic rings. The molecule has 0 bridgehead atoms. The second-order valence-corrected chi connectivity index (χ2v) is 8.07. The third kappa shape index (κ3) is 2.54. The van der Waals surface area contributed by atoms with Gasteiger partial charge in [-0.1, -0.05) is 12.8 Å². The van der Waals surface area contributed by atoms with Crippen molar-refractivity contribution in [1.82, 2.24) is 0 Å². The molecule has 3 aliphatic heterocycles. The molecule has 136 valence electrons. The summed E-state index contributed by atoms with van der Waals surface area (Å²) < 4.78 is 30.6. The molecule has 4 unspecified atom stereocenters. The number of aliphatic hydroxyl groups excluding tert-OH is 1. The van der Waals surface area contributed by atoms with Crippen LogP contribution < -0.4 is 0 Å². The van der Waals surface area contributed by atoms with Gasteiger partial charge in [0.25, 0.3) is 0 Å². The van der Waals surface area contributed by atoms with Gasteiger partial charge in [0.05, 0.1) is 6.61 Å². The van der Waals surface area contributed by atoms with Gasteiger partial charge in [-0.2, -0.15) is 0 Å². The summed E-state index contributed by atoms with van der Waals surface area (Å²) in [6.45, 7) is 0.511. The number of hydrogen-bond donors (Lipinski definition) is 1. The van der Waals surface area contributed by atoms with Gasteiger partial charge in [-0.3, -0.25) is 0 Å². The van der Waals surface area contributed by atoms with Crippen molar-refractivity contribution in [3.63, 3.8) is 0 Å². The Kier molecular flexibility index (Phi) is 3.92. The van der Waals surface area contributed by atoms with Crippen LogP contribution in [0.25, 0.3) is 0 Å². The molecule has 0 aromatic carbocycles. The molecule has 3 heterocycles. The number of fused-ring (bicyclic) bond motifs is 1. The van der Waals surface area contributed by atoms with Crippen molar-refractivity contribution in [3.8, 4) is 0 Å². The Bertz CT molecular complexity index is 470. The summed E-state index contributed by atoms with van der Waals surface area (Å²) in [6.07, 6.45) is 8.64. The summed E-state index contributed by atoms with van der Waals surface area (Å²) in [7, 11) is 0. The number of aliphatic hydroxyl groups is 1. The minimum absolute atomic E-state index is 0.185. The molecule has 5 rings (SSSR count). The topological polar surface area (TPSA) is 66.4 Å². The van der Waals surface area contributed by atoms with Crippen LogP contribution in [-0.2, 0) is 23.7 Å². The Labute approximate surface area is 142 Å². The van der Waals surface area contributed by atoms with E-state index in [9.17, 15) is 5.11 Å². The van der Waals surface area contributed by atoms with Gasteiger partial charge in [0.2, 0.25) is 0 Å². The molecule has 2 spiro atoms. The van der Waals surface area contributed by atoms with E-state index in [1.54, 1.807) is 0 Å². The molecule has 0 aromatic heterocycles. The quantitative estimate of drug-likeness (QED) is 0.789. The fourth-order valence-corrected chi connectivity index (χ4v) is 5.17. The normalized spacial score (nSPS) is 46.6. The fraction of sp³-hybridized carbons (Fsp3) is 1.00. The first-order valence-corrected chi connectivity index (χ1v) is 9.70. The highest BCUT2D eigenvalue weighted by Crippen LogP contribution is 2.48. The van der Waals surface area contributed by atoms with Gasteiger partial charge < -0.3 is 28.8 Å². The summed E-state index contributed by atoms with van der Waals surface area (Å²) in [5.74, 6) is -0.949. The molecular weight excluding hydrogens is 312 g/mol. The van der Waals surface area contributed by atoms with Gasteiger partial charge in [0, 0.05) is 25.7 Å². The average molecular weight is 340 g/mol. The highest BCUT2D eigenvalue weighted by Gasteiger charge is 2.61. The fourth-order valence-electron chi connectivity index (χ4n) is 5.17. The molecular formula is C18H28O6. The molecule has 6 nitrogen and oxygen atoms in total. The molecule has 0 aromatic rings. The van der Waals surface area contributed by atoms with E-state index in [2.05, 4.69) is 0 Å². The minimum atomic E-state index is -0.937. The van der Waals surface area contributed by atoms with E-state index >= 15 is 0 Å². The van der Waals surface area contributed by atoms with Crippen LogP contribution in [-0.4, -0.2) is 54.0 Å². The van der Waals surface area contributed by atoms with E-state index in [0.29, 0.717) is 6.61 Å². The zero-order chi connectivity index (χ0) is 16.2. The maximum atomic E-state index is 10.3. The largest absolute Gasteiger partial charge is 0.366 e. The summed E-state index contributed by atoms with van der Waals surface area (Å²) >= 11 is 0. The second kappa shape index (κ2) is 5.89. The third-order valence-corrected chi connectivity index (χ3v) is 6.40. The van der Waals surface area contributed by atoms with Crippen LogP contribution in [0.4, 0.5) is 0 Å². The molecule has 0 radical (unpaired) electrons. The molecule has 2 aliphatic carbocycles. The highest BCUT2D eigenvalue weighted by molar-refractivity contribution is 5.01. The number of rotatable bonds is 1. The molecule has 5 atom stereocenters. The molecule has 1 N–H and O–H groups in total. The lowest BCUT2D eigenvalue weighted by molar-refractivity contribution is -0.260. The van der Waals surface area contributed by atoms with Crippen molar-refractivity contribution in [1.29, 1.82) is 0 Å². The van der Waals surface area contributed by atoms with Crippen LogP contribution in [0.3, 0.4) is 0 Å². The third-order valence-electron chi connectivity index (χ3n) is 6.40. The molecule has 2 saturated carbocycles. The van der Waals surface area contributed by atoms with Crippen LogP contribution in [0.1, 0.15) is 64.2 Å². The van der Waals surface area contributed by atoms with Gasteiger partial charge in [-0.05, 0) is 25.7 Å². The lowest BCUT2D eigenvalue weighted by Crippen LogP contribution is -2.43. The van der Waals surface area contributed by atoms with Crippen molar-refractivity contribution >= 4 is 0 Å². The molecule has 0 amide bonds. The van der Waals surface area contributed by atoms with Gasteiger partial charge in [-0.15, -0.1) is 0 Å². The first-order valence-electron chi connectivity index (χ1n) is 9.70. The lowest BCUT2D eigenvalue weighted by Gasteiger charge is -2.35. The molecule has 5 fully saturated rings. The second-order valence-electron chi connectivity index (χ2n) is 8.07. The van der Waals surface area contributed by atoms with E-state index < -0.39 is 24.0 Å². The van der Waals surface area contributed by atoms with Gasteiger partial charge in [0.15, 0.2) is 17.9 Å². The van der Waals surface area contributed by atoms with E-state index in [0.717, 1.165) is 51.4 Å². The monoisotopic (exact) mass is 340 g/mol.